The van der Waals surface area contributed by atoms with Crippen LogP contribution in [-0.2, 0) is 14.8 Å². The fraction of sp³-hybridized carbons (Fsp3) is 0.350. The van der Waals surface area contributed by atoms with Gasteiger partial charge < -0.3 is 9.64 Å². The molecule has 2 aromatic rings. The number of nitrogens with zero attached hydrogens (tertiary/aromatic N) is 3. The van der Waals surface area contributed by atoms with Crippen molar-refractivity contribution in [2.24, 2.45) is 0 Å². The average Bonchev–Trinajstić information content (AvgIpc) is 2.73. The molecular weight excluding hydrogens is 446 g/mol. The predicted octanol–water partition coefficient (Wildman–Crippen LogP) is 2.86. The Morgan fingerprint density at radius 1 is 1.16 bits per heavy atom. The van der Waals surface area contributed by atoms with Gasteiger partial charge in [0.25, 0.3) is 11.6 Å². The fourth-order valence-electron chi connectivity index (χ4n) is 3.32. The van der Waals surface area contributed by atoms with Gasteiger partial charge >= 0.3 is 0 Å². The highest BCUT2D eigenvalue weighted by Gasteiger charge is 2.33. The molecule has 166 valence electrons. The molecule has 0 N–H and O–H groups in total. The van der Waals surface area contributed by atoms with Gasteiger partial charge in [0.15, 0.2) is 6.10 Å². The van der Waals surface area contributed by atoms with E-state index in [9.17, 15) is 23.3 Å². The van der Waals surface area contributed by atoms with E-state index >= 15 is 0 Å². The highest BCUT2D eigenvalue weighted by atomic mass is 35.5. The lowest BCUT2D eigenvalue weighted by Crippen LogP contribution is -2.53. The summed E-state index contributed by atoms with van der Waals surface area (Å²) >= 11 is 5.93. The summed E-state index contributed by atoms with van der Waals surface area (Å²) in [5.41, 5.74) is 0.137. The minimum absolute atomic E-state index is 0.0834. The van der Waals surface area contributed by atoms with Crippen molar-refractivity contribution in [3.63, 3.8) is 0 Å². The van der Waals surface area contributed by atoms with E-state index in [2.05, 4.69) is 0 Å². The number of aryl methyl sites for hydroxylation is 1. The number of hydrogen-bond acceptors (Lipinski definition) is 6. The number of ether oxygens (including phenoxy) is 1. The molecule has 0 aromatic heterocycles. The largest absolute Gasteiger partial charge is 0.481 e. The Balaban J connectivity index is 1.66. The van der Waals surface area contributed by atoms with Crippen molar-refractivity contribution in [3.05, 3.63) is 63.2 Å². The number of non-ortho nitro benzene ring substituents is 1. The molecule has 0 bridgehead atoms. The number of rotatable bonds is 6. The fourth-order valence-corrected chi connectivity index (χ4v) is 5.17. The normalized spacial score (nSPS) is 16.0. The number of carbonyl (C=O) groups excluding carboxylic acids is 1. The number of halogens is 1. The van der Waals surface area contributed by atoms with Crippen molar-refractivity contribution >= 4 is 33.2 Å². The van der Waals surface area contributed by atoms with Crippen molar-refractivity contribution in [3.8, 4) is 5.75 Å². The Morgan fingerprint density at radius 2 is 1.84 bits per heavy atom. The third-order valence-corrected chi connectivity index (χ3v) is 7.28. The van der Waals surface area contributed by atoms with Crippen LogP contribution < -0.4 is 4.74 Å². The lowest BCUT2D eigenvalue weighted by molar-refractivity contribution is -0.385. The van der Waals surface area contributed by atoms with Gasteiger partial charge in [0, 0.05) is 43.3 Å². The maximum absolute atomic E-state index is 13.0. The Labute approximate surface area is 185 Å². The topological polar surface area (TPSA) is 110 Å². The maximum Gasteiger partial charge on any atom is 0.270 e. The quantitative estimate of drug-likeness (QED) is 0.477. The molecule has 0 saturated carbocycles. The van der Waals surface area contributed by atoms with E-state index in [-0.39, 0.29) is 42.7 Å². The highest BCUT2D eigenvalue weighted by Crippen LogP contribution is 2.26. The Kier molecular flexibility index (Phi) is 6.83. The number of amides is 1. The monoisotopic (exact) mass is 467 g/mol. The number of piperazine rings is 1. The summed E-state index contributed by atoms with van der Waals surface area (Å²) in [6.45, 7) is 3.76. The molecule has 31 heavy (non-hydrogen) atoms. The number of benzene rings is 2. The smallest absolute Gasteiger partial charge is 0.270 e. The number of hydrogen-bond donors (Lipinski definition) is 0. The second-order valence-corrected chi connectivity index (χ2v) is 9.50. The van der Waals surface area contributed by atoms with Crippen LogP contribution in [0.3, 0.4) is 0 Å². The zero-order valence-electron chi connectivity index (χ0n) is 17.0. The molecule has 0 aliphatic carbocycles. The third-order valence-electron chi connectivity index (χ3n) is 5.01. The molecule has 1 fully saturated rings. The van der Waals surface area contributed by atoms with Crippen molar-refractivity contribution in [1.82, 2.24) is 9.21 Å². The molecular formula is C20H22ClN3O6S. The van der Waals surface area contributed by atoms with Gasteiger partial charge in [0.1, 0.15) is 5.75 Å². The summed E-state index contributed by atoms with van der Waals surface area (Å²) in [7, 11) is -3.93. The first-order valence-electron chi connectivity index (χ1n) is 9.56. The number of nitro benzene ring substituents is 1. The first kappa shape index (κ1) is 23.0. The average molecular weight is 468 g/mol. The minimum atomic E-state index is -3.93. The van der Waals surface area contributed by atoms with Crippen LogP contribution in [0.5, 0.6) is 5.75 Å². The summed E-state index contributed by atoms with van der Waals surface area (Å²) in [5.74, 6) is 0.208. The van der Waals surface area contributed by atoms with E-state index in [4.69, 9.17) is 16.3 Å². The van der Waals surface area contributed by atoms with Gasteiger partial charge in [-0.1, -0.05) is 23.7 Å². The standard InChI is InChI=1S/C20H22ClN3O6S/c1-14-6-7-17(24(26)27)13-19(14)31(28,29)23-10-8-22(9-11-23)20(25)15(2)30-18-5-3-4-16(21)12-18/h3-7,12-13,15H,8-11H2,1-2H3. The number of nitro groups is 1. The highest BCUT2D eigenvalue weighted by molar-refractivity contribution is 7.89. The van der Waals surface area contributed by atoms with Crippen LogP contribution in [0.1, 0.15) is 12.5 Å². The molecule has 3 rings (SSSR count). The maximum atomic E-state index is 13.0. The van der Waals surface area contributed by atoms with Gasteiger partial charge in [0.05, 0.1) is 9.82 Å². The molecule has 9 nitrogen and oxygen atoms in total. The van der Waals surface area contributed by atoms with E-state index in [1.165, 1.54) is 16.4 Å². The van der Waals surface area contributed by atoms with Gasteiger partial charge in [-0.3, -0.25) is 14.9 Å². The van der Waals surface area contributed by atoms with Crippen LogP contribution in [-0.4, -0.2) is 60.7 Å². The summed E-state index contributed by atoms with van der Waals surface area (Å²) in [4.78, 5) is 24.6. The Morgan fingerprint density at radius 3 is 2.45 bits per heavy atom. The van der Waals surface area contributed by atoms with Gasteiger partial charge in [-0.2, -0.15) is 4.31 Å². The molecule has 1 heterocycles. The van der Waals surface area contributed by atoms with Gasteiger partial charge in [-0.05, 0) is 37.6 Å². The van der Waals surface area contributed by atoms with E-state index in [0.29, 0.717) is 16.3 Å². The first-order chi connectivity index (χ1) is 14.6. The van der Waals surface area contributed by atoms with Crippen LogP contribution in [0.2, 0.25) is 5.02 Å². The molecule has 1 aliphatic heterocycles. The van der Waals surface area contributed by atoms with Crippen LogP contribution >= 0.6 is 11.6 Å². The van der Waals surface area contributed by atoms with Crippen LogP contribution in [0, 0.1) is 17.0 Å². The van der Waals surface area contributed by atoms with Crippen molar-refractivity contribution in [1.29, 1.82) is 0 Å². The summed E-state index contributed by atoms with van der Waals surface area (Å²) in [5, 5.41) is 11.5. The second-order valence-electron chi connectivity index (χ2n) is 7.15. The molecule has 0 radical (unpaired) electrons. The molecule has 1 aliphatic rings. The Bertz CT molecular complexity index is 1100. The van der Waals surface area contributed by atoms with Crippen LogP contribution in [0.4, 0.5) is 5.69 Å². The Hall–Kier alpha value is -2.69. The van der Waals surface area contributed by atoms with Crippen LogP contribution in [0.15, 0.2) is 47.4 Å². The van der Waals surface area contributed by atoms with E-state index in [0.717, 1.165) is 6.07 Å². The van der Waals surface area contributed by atoms with E-state index in [1.807, 2.05) is 0 Å². The van der Waals surface area contributed by atoms with E-state index in [1.54, 1.807) is 43.0 Å². The minimum Gasteiger partial charge on any atom is -0.481 e. The SMILES string of the molecule is Cc1ccc([N+](=O)[O-])cc1S(=O)(=O)N1CCN(C(=O)C(C)Oc2cccc(Cl)c2)CC1. The lowest BCUT2D eigenvalue weighted by atomic mass is 10.2. The molecule has 1 unspecified atom stereocenters. The number of carbonyl (C=O) groups is 1. The summed E-state index contributed by atoms with van der Waals surface area (Å²) < 4.78 is 33.0. The zero-order valence-corrected chi connectivity index (χ0v) is 18.6. The zero-order chi connectivity index (χ0) is 22.8. The molecule has 1 amide bonds. The molecule has 1 atom stereocenters. The lowest BCUT2D eigenvalue weighted by Gasteiger charge is -2.35. The molecule has 1 saturated heterocycles. The molecule has 11 heteroatoms. The van der Waals surface area contributed by atoms with Crippen molar-refractivity contribution in [2.45, 2.75) is 24.8 Å². The van der Waals surface area contributed by atoms with Crippen molar-refractivity contribution < 1.29 is 22.9 Å². The second kappa shape index (κ2) is 9.21. The van der Waals surface area contributed by atoms with Crippen molar-refractivity contribution in [2.75, 3.05) is 26.2 Å². The number of sulfonamides is 1. The third kappa shape index (κ3) is 5.15. The van der Waals surface area contributed by atoms with Gasteiger partial charge in [0.2, 0.25) is 10.0 Å². The van der Waals surface area contributed by atoms with Gasteiger partial charge in [-0.15, -0.1) is 0 Å². The molecule has 0 spiro atoms. The summed E-state index contributed by atoms with van der Waals surface area (Å²) in [6, 6.07) is 10.5. The van der Waals surface area contributed by atoms with E-state index < -0.39 is 21.1 Å². The first-order valence-corrected chi connectivity index (χ1v) is 11.4. The van der Waals surface area contributed by atoms with Gasteiger partial charge in [-0.25, -0.2) is 8.42 Å². The summed E-state index contributed by atoms with van der Waals surface area (Å²) in [6.07, 6.45) is -0.763. The molecule has 2 aromatic carbocycles. The van der Waals surface area contributed by atoms with Crippen LogP contribution in [0.25, 0.3) is 0 Å². The predicted molar refractivity (Wildman–Crippen MR) is 115 cm³/mol.